The number of imidazole rings is 1. The van der Waals surface area contributed by atoms with Crippen LogP contribution in [0, 0.1) is 17.7 Å². The number of hydrogen-bond donors (Lipinski definition) is 0. The van der Waals surface area contributed by atoms with E-state index in [1.807, 2.05) is 0 Å². The molecule has 0 saturated heterocycles. The van der Waals surface area contributed by atoms with Crippen LogP contribution in [0.25, 0.3) is 11.0 Å². The van der Waals surface area contributed by atoms with Crippen LogP contribution in [0.5, 0.6) is 5.75 Å². The van der Waals surface area contributed by atoms with E-state index in [9.17, 15) is 14.0 Å². The molecule has 6 nitrogen and oxygen atoms in total. The van der Waals surface area contributed by atoms with Gasteiger partial charge in [-0.05, 0) is 18.8 Å². The minimum absolute atomic E-state index is 0.0283. The third-order valence-corrected chi connectivity index (χ3v) is 5.25. The van der Waals surface area contributed by atoms with Crippen molar-refractivity contribution >= 4 is 17.0 Å². The van der Waals surface area contributed by atoms with Gasteiger partial charge in [0.1, 0.15) is 0 Å². The van der Waals surface area contributed by atoms with E-state index in [1.165, 1.54) is 24.9 Å². The molecule has 1 aliphatic carbocycles. The van der Waals surface area contributed by atoms with Crippen molar-refractivity contribution in [1.82, 2.24) is 9.13 Å². The fraction of sp³-hybridized carbons (Fsp3) is 0.556. The maximum Gasteiger partial charge on any atom is 0.328 e. The summed E-state index contributed by atoms with van der Waals surface area (Å²) in [7, 11) is 4.40. The van der Waals surface area contributed by atoms with Gasteiger partial charge in [0, 0.05) is 25.7 Å². The Balaban J connectivity index is 2.04. The zero-order chi connectivity index (χ0) is 18.1. The molecule has 2 atom stereocenters. The van der Waals surface area contributed by atoms with Gasteiger partial charge < -0.3 is 9.47 Å². The first kappa shape index (κ1) is 17.5. The van der Waals surface area contributed by atoms with Gasteiger partial charge in [-0.1, -0.05) is 12.8 Å². The number of ether oxygens (including phenoxy) is 2. The topological polar surface area (TPSA) is 62.5 Å². The van der Waals surface area contributed by atoms with Crippen LogP contribution in [0.15, 0.2) is 16.9 Å². The number of halogens is 1. The van der Waals surface area contributed by atoms with Crippen LogP contribution in [-0.2, 0) is 23.1 Å². The molecular formula is C18H23FN2O4. The number of carbonyl (C=O) groups excluding carboxylic acids is 1. The molecule has 2 unspecified atom stereocenters. The van der Waals surface area contributed by atoms with Gasteiger partial charge in [0.15, 0.2) is 11.6 Å². The first-order valence-corrected chi connectivity index (χ1v) is 8.48. The van der Waals surface area contributed by atoms with Crippen molar-refractivity contribution in [2.45, 2.75) is 32.2 Å². The van der Waals surface area contributed by atoms with E-state index < -0.39 is 5.82 Å². The number of rotatable bonds is 4. The number of carbonyl (C=O) groups is 1. The fourth-order valence-electron chi connectivity index (χ4n) is 3.86. The molecule has 3 rings (SSSR count). The zero-order valence-electron chi connectivity index (χ0n) is 14.8. The predicted octanol–water partition coefficient (Wildman–Crippen LogP) is 2.47. The van der Waals surface area contributed by atoms with Crippen molar-refractivity contribution in [3.63, 3.8) is 0 Å². The molecule has 0 radical (unpaired) electrons. The number of benzene rings is 1. The van der Waals surface area contributed by atoms with Gasteiger partial charge in [-0.3, -0.25) is 13.9 Å². The van der Waals surface area contributed by atoms with Gasteiger partial charge in [-0.25, -0.2) is 9.18 Å². The second-order valence-electron chi connectivity index (χ2n) is 6.60. The lowest BCUT2D eigenvalue weighted by atomic mass is 9.79. The highest BCUT2D eigenvalue weighted by Gasteiger charge is 2.32. The summed E-state index contributed by atoms with van der Waals surface area (Å²) < 4.78 is 27.0. The van der Waals surface area contributed by atoms with Crippen molar-refractivity contribution in [1.29, 1.82) is 0 Å². The number of hydrogen-bond acceptors (Lipinski definition) is 4. The minimum Gasteiger partial charge on any atom is -0.494 e. The van der Waals surface area contributed by atoms with E-state index in [4.69, 9.17) is 9.47 Å². The normalized spacial score (nSPS) is 20.6. The Hall–Kier alpha value is -2.31. The van der Waals surface area contributed by atoms with Gasteiger partial charge in [0.2, 0.25) is 0 Å². The van der Waals surface area contributed by atoms with Gasteiger partial charge >= 0.3 is 11.7 Å². The lowest BCUT2D eigenvalue weighted by molar-refractivity contribution is -0.148. The molecule has 1 aliphatic rings. The Morgan fingerprint density at radius 2 is 1.96 bits per heavy atom. The number of esters is 1. The van der Waals surface area contributed by atoms with Crippen molar-refractivity contribution in [2.75, 3.05) is 14.2 Å². The van der Waals surface area contributed by atoms with Crippen LogP contribution >= 0.6 is 0 Å². The zero-order valence-corrected chi connectivity index (χ0v) is 14.8. The number of aryl methyl sites for hydroxylation is 1. The first-order valence-electron chi connectivity index (χ1n) is 8.48. The molecule has 1 aromatic carbocycles. The molecule has 25 heavy (non-hydrogen) atoms. The maximum atomic E-state index is 14.0. The average Bonchev–Trinajstić information content (AvgIpc) is 2.85. The van der Waals surface area contributed by atoms with Crippen molar-refractivity contribution < 1.29 is 18.7 Å². The summed E-state index contributed by atoms with van der Waals surface area (Å²) in [6, 6.07) is 2.85. The quantitative estimate of drug-likeness (QED) is 0.795. The Labute approximate surface area is 145 Å². The summed E-state index contributed by atoms with van der Waals surface area (Å²) in [5.41, 5.74) is 0.894. The van der Waals surface area contributed by atoms with Crippen LogP contribution in [0.1, 0.15) is 25.7 Å². The summed E-state index contributed by atoms with van der Waals surface area (Å²) in [5.74, 6) is -0.807. The third kappa shape index (κ3) is 3.03. The molecule has 0 amide bonds. The Morgan fingerprint density at radius 1 is 1.24 bits per heavy atom. The smallest absolute Gasteiger partial charge is 0.328 e. The van der Waals surface area contributed by atoms with Gasteiger partial charge in [-0.15, -0.1) is 0 Å². The van der Waals surface area contributed by atoms with E-state index in [2.05, 4.69) is 0 Å². The second kappa shape index (κ2) is 6.90. The lowest BCUT2D eigenvalue weighted by Crippen LogP contribution is -2.34. The lowest BCUT2D eigenvalue weighted by Gasteiger charge is -2.29. The highest BCUT2D eigenvalue weighted by atomic mass is 19.1. The summed E-state index contributed by atoms with van der Waals surface area (Å²) in [6.45, 7) is 0.407. The fourth-order valence-corrected chi connectivity index (χ4v) is 3.86. The molecule has 2 aromatic rings. The van der Waals surface area contributed by atoms with Crippen LogP contribution < -0.4 is 10.4 Å². The van der Waals surface area contributed by atoms with Crippen molar-refractivity contribution in [3.05, 3.63) is 28.4 Å². The molecule has 136 valence electrons. The van der Waals surface area contributed by atoms with Crippen LogP contribution in [-0.4, -0.2) is 29.3 Å². The van der Waals surface area contributed by atoms with Gasteiger partial charge in [0.05, 0.1) is 31.2 Å². The van der Waals surface area contributed by atoms with Gasteiger partial charge in [-0.2, -0.15) is 0 Å². The number of aromatic nitrogens is 2. The van der Waals surface area contributed by atoms with Crippen LogP contribution in [0.4, 0.5) is 4.39 Å². The third-order valence-electron chi connectivity index (χ3n) is 5.25. The summed E-state index contributed by atoms with van der Waals surface area (Å²) in [6.07, 6.45) is 3.64. The maximum absolute atomic E-state index is 14.0. The predicted molar refractivity (Wildman–Crippen MR) is 91.2 cm³/mol. The average molecular weight is 350 g/mol. The first-order chi connectivity index (χ1) is 12.0. The molecule has 0 bridgehead atoms. The molecule has 0 N–H and O–H groups in total. The molecule has 1 saturated carbocycles. The Morgan fingerprint density at radius 3 is 2.64 bits per heavy atom. The van der Waals surface area contributed by atoms with Crippen LogP contribution in [0.2, 0.25) is 0 Å². The molecule has 1 fully saturated rings. The van der Waals surface area contributed by atoms with E-state index >= 15 is 0 Å². The molecule has 0 aliphatic heterocycles. The summed E-state index contributed by atoms with van der Waals surface area (Å²) in [5, 5.41) is 0. The SMILES string of the molecule is COC(=O)C1CCCCC1Cn1c(=O)n(C)c2cc(F)c(OC)cc21. The minimum atomic E-state index is -0.507. The molecule has 0 spiro atoms. The largest absolute Gasteiger partial charge is 0.494 e. The molecular weight excluding hydrogens is 327 g/mol. The van der Waals surface area contributed by atoms with E-state index in [1.54, 1.807) is 17.7 Å². The number of nitrogens with zero attached hydrogens (tertiary/aromatic N) is 2. The highest BCUT2D eigenvalue weighted by molar-refractivity contribution is 5.78. The monoisotopic (exact) mass is 350 g/mol. The Kier molecular flexibility index (Phi) is 4.83. The molecule has 1 heterocycles. The Bertz CT molecular complexity index is 855. The molecule has 7 heteroatoms. The number of methoxy groups -OCH3 is 2. The summed E-state index contributed by atoms with van der Waals surface area (Å²) >= 11 is 0. The second-order valence-corrected chi connectivity index (χ2v) is 6.60. The molecule has 1 aromatic heterocycles. The van der Waals surface area contributed by atoms with Crippen LogP contribution in [0.3, 0.4) is 0 Å². The van der Waals surface area contributed by atoms with Gasteiger partial charge in [0.25, 0.3) is 0 Å². The highest BCUT2D eigenvalue weighted by Crippen LogP contribution is 2.33. The van der Waals surface area contributed by atoms with Crippen molar-refractivity contribution in [2.24, 2.45) is 18.9 Å². The number of fused-ring (bicyclic) bond motifs is 1. The van der Waals surface area contributed by atoms with E-state index in [0.717, 1.165) is 25.7 Å². The standard InChI is InChI=1S/C18H23FN2O4/c1-20-14-8-13(19)16(24-2)9-15(14)21(18(20)23)10-11-6-4-5-7-12(11)17(22)25-3/h8-9,11-12H,4-7,10H2,1-3H3. The van der Waals surface area contributed by atoms with E-state index in [0.29, 0.717) is 17.6 Å². The van der Waals surface area contributed by atoms with Crippen molar-refractivity contribution in [3.8, 4) is 5.75 Å². The summed E-state index contributed by atoms with van der Waals surface area (Å²) in [4.78, 5) is 24.7. The van der Waals surface area contributed by atoms with E-state index in [-0.39, 0.29) is 29.2 Å².